The van der Waals surface area contributed by atoms with Gasteiger partial charge in [0.15, 0.2) is 5.65 Å². The minimum atomic E-state index is -0.526. The Bertz CT molecular complexity index is 874. The van der Waals surface area contributed by atoms with Crippen LogP contribution in [0.25, 0.3) is 5.65 Å². The molecule has 0 radical (unpaired) electrons. The Morgan fingerprint density at radius 3 is 2.79 bits per heavy atom. The number of fused-ring (bicyclic) bond motifs is 1. The molecule has 0 atom stereocenters. The summed E-state index contributed by atoms with van der Waals surface area (Å²) in [5.41, 5.74) is 7.03. The zero-order chi connectivity index (χ0) is 17.1. The zero-order valence-corrected chi connectivity index (χ0v) is 14.4. The molecule has 0 aliphatic rings. The fourth-order valence-corrected chi connectivity index (χ4v) is 3.37. The molecule has 0 bridgehead atoms. The number of nitrogens with two attached hydrogens (primary N) is 1. The highest BCUT2D eigenvalue weighted by molar-refractivity contribution is 7.99. The number of benzene rings is 1. The Morgan fingerprint density at radius 2 is 2.04 bits per heavy atom. The molecule has 0 saturated heterocycles. The molecule has 2 aromatic heterocycles. The zero-order valence-electron chi connectivity index (χ0n) is 13.6. The van der Waals surface area contributed by atoms with Crippen LogP contribution in [-0.2, 0) is 6.54 Å². The second-order valence-corrected chi connectivity index (χ2v) is 6.85. The molecule has 6 nitrogen and oxygen atoms in total. The van der Waals surface area contributed by atoms with Crippen molar-refractivity contribution in [3.63, 3.8) is 0 Å². The number of nitrogens with one attached hydrogen (secondary N) is 1. The van der Waals surface area contributed by atoms with E-state index in [4.69, 9.17) is 5.73 Å². The molecule has 0 spiro atoms. The first kappa shape index (κ1) is 16.3. The molecule has 0 unspecified atom stereocenters. The monoisotopic (exact) mass is 341 g/mol. The van der Waals surface area contributed by atoms with Crippen molar-refractivity contribution in [2.24, 2.45) is 5.73 Å². The van der Waals surface area contributed by atoms with Crippen LogP contribution < -0.4 is 11.1 Å². The van der Waals surface area contributed by atoms with Crippen LogP contribution >= 0.6 is 11.8 Å². The molecule has 3 N–H and O–H groups in total. The minimum Gasteiger partial charge on any atom is -0.352 e. The molecule has 1 aromatic carbocycles. The molecule has 3 rings (SSSR count). The third-order valence-electron chi connectivity index (χ3n) is 3.57. The van der Waals surface area contributed by atoms with Crippen LogP contribution in [0.3, 0.4) is 0 Å². The Kier molecular flexibility index (Phi) is 4.71. The van der Waals surface area contributed by atoms with Crippen LogP contribution in [0.5, 0.6) is 0 Å². The lowest BCUT2D eigenvalue weighted by molar-refractivity contribution is 0.248. The average molecular weight is 341 g/mol. The second-order valence-electron chi connectivity index (χ2n) is 5.73. The van der Waals surface area contributed by atoms with Crippen LogP contribution in [0.15, 0.2) is 52.4 Å². The number of rotatable bonds is 5. The lowest BCUT2D eigenvalue weighted by Crippen LogP contribution is -2.28. The van der Waals surface area contributed by atoms with Crippen molar-refractivity contribution in [1.29, 1.82) is 0 Å². The van der Waals surface area contributed by atoms with E-state index in [1.165, 1.54) is 0 Å². The van der Waals surface area contributed by atoms with Crippen LogP contribution in [0.1, 0.15) is 31.2 Å². The molecule has 2 heterocycles. The summed E-state index contributed by atoms with van der Waals surface area (Å²) in [7, 11) is 0. The van der Waals surface area contributed by atoms with E-state index in [0.717, 1.165) is 26.8 Å². The van der Waals surface area contributed by atoms with Crippen molar-refractivity contribution in [2.75, 3.05) is 0 Å². The third kappa shape index (κ3) is 3.51. The van der Waals surface area contributed by atoms with Gasteiger partial charge in [-0.25, -0.2) is 4.79 Å². The van der Waals surface area contributed by atoms with E-state index in [9.17, 15) is 4.79 Å². The van der Waals surface area contributed by atoms with Gasteiger partial charge in [0.05, 0.1) is 0 Å². The summed E-state index contributed by atoms with van der Waals surface area (Å²) in [6, 6.07) is 11.4. The number of pyridine rings is 1. The predicted molar refractivity (Wildman–Crippen MR) is 94.1 cm³/mol. The van der Waals surface area contributed by atoms with Crippen LogP contribution in [0, 0.1) is 0 Å². The average Bonchev–Trinajstić information content (AvgIpc) is 2.97. The Morgan fingerprint density at radius 1 is 1.25 bits per heavy atom. The maximum Gasteiger partial charge on any atom is 0.312 e. The van der Waals surface area contributed by atoms with E-state index in [1.807, 2.05) is 47.0 Å². The highest BCUT2D eigenvalue weighted by atomic mass is 32.2. The molecule has 124 valence electrons. The highest BCUT2D eigenvalue weighted by Crippen LogP contribution is 2.31. The Labute approximate surface area is 144 Å². The summed E-state index contributed by atoms with van der Waals surface area (Å²) < 4.78 is 2.03. The normalized spacial score (nSPS) is 11.1. The van der Waals surface area contributed by atoms with E-state index in [0.29, 0.717) is 12.5 Å². The lowest BCUT2D eigenvalue weighted by atomic mass is 10.2. The molecule has 24 heavy (non-hydrogen) atoms. The number of aromatic nitrogens is 3. The fourth-order valence-electron chi connectivity index (χ4n) is 2.40. The standard InChI is InChI=1S/C17H19N5OS/c1-11(2)16-21-20-15-8-7-13(10-22(15)16)24-14-6-4-3-5-12(14)9-19-17(18)23/h3-8,10-11H,9H2,1-2H3,(H3,18,19,23). The first-order valence-corrected chi connectivity index (χ1v) is 8.50. The molecule has 7 heteroatoms. The third-order valence-corrected chi connectivity index (χ3v) is 4.67. The van der Waals surface area contributed by atoms with Gasteiger partial charge in [-0.3, -0.25) is 4.40 Å². The van der Waals surface area contributed by atoms with Gasteiger partial charge in [0.1, 0.15) is 5.82 Å². The van der Waals surface area contributed by atoms with E-state index in [2.05, 4.69) is 29.4 Å². The van der Waals surface area contributed by atoms with Crippen molar-refractivity contribution >= 4 is 23.4 Å². The maximum atomic E-state index is 10.9. The molecule has 2 amide bonds. The summed E-state index contributed by atoms with van der Waals surface area (Å²) in [6.45, 7) is 4.60. The van der Waals surface area contributed by atoms with Crippen molar-refractivity contribution < 1.29 is 4.79 Å². The number of hydrogen-bond donors (Lipinski definition) is 2. The van der Waals surface area contributed by atoms with Gasteiger partial charge in [-0.15, -0.1) is 10.2 Å². The summed E-state index contributed by atoms with van der Waals surface area (Å²) in [5.74, 6) is 1.24. The van der Waals surface area contributed by atoms with E-state index in [1.54, 1.807) is 11.8 Å². The Balaban J connectivity index is 1.90. The van der Waals surface area contributed by atoms with Crippen molar-refractivity contribution in [3.8, 4) is 0 Å². The number of carbonyl (C=O) groups excluding carboxylic acids is 1. The van der Waals surface area contributed by atoms with Gasteiger partial charge in [0.2, 0.25) is 0 Å². The first-order chi connectivity index (χ1) is 11.5. The fraction of sp³-hybridized carbons (Fsp3) is 0.235. The van der Waals surface area contributed by atoms with Gasteiger partial charge in [-0.2, -0.15) is 0 Å². The number of hydrogen-bond acceptors (Lipinski definition) is 4. The SMILES string of the molecule is CC(C)c1nnc2ccc(Sc3ccccc3CNC(N)=O)cn12. The largest absolute Gasteiger partial charge is 0.352 e. The molecule has 3 aromatic rings. The lowest BCUT2D eigenvalue weighted by Gasteiger charge is -2.10. The molecule has 0 aliphatic carbocycles. The number of carbonyl (C=O) groups is 1. The summed E-state index contributed by atoms with van der Waals surface area (Å²) in [5, 5.41) is 11.1. The van der Waals surface area contributed by atoms with E-state index >= 15 is 0 Å². The van der Waals surface area contributed by atoms with Crippen LogP contribution in [-0.4, -0.2) is 20.6 Å². The maximum absolute atomic E-state index is 10.9. The predicted octanol–water partition coefficient (Wildman–Crippen LogP) is 3.17. The number of primary amides is 1. The first-order valence-electron chi connectivity index (χ1n) is 7.68. The molecule has 0 aliphatic heterocycles. The topological polar surface area (TPSA) is 85.3 Å². The van der Waals surface area contributed by atoms with Gasteiger partial charge in [-0.05, 0) is 23.8 Å². The van der Waals surface area contributed by atoms with Crippen molar-refractivity contribution in [1.82, 2.24) is 19.9 Å². The second kappa shape index (κ2) is 6.92. The van der Waals surface area contributed by atoms with Gasteiger partial charge < -0.3 is 11.1 Å². The summed E-state index contributed by atoms with van der Waals surface area (Å²) >= 11 is 1.64. The Hall–Kier alpha value is -2.54. The van der Waals surface area contributed by atoms with Gasteiger partial charge >= 0.3 is 6.03 Å². The number of amides is 2. The molecule has 0 fully saturated rings. The van der Waals surface area contributed by atoms with Gasteiger partial charge in [-0.1, -0.05) is 43.8 Å². The smallest absolute Gasteiger partial charge is 0.312 e. The highest BCUT2D eigenvalue weighted by Gasteiger charge is 2.11. The van der Waals surface area contributed by atoms with Crippen molar-refractivity contribution in [3.05, 3.63) is 54.0 Å². The molecular weight excluding hydrogens is 322 g/mol. The summed E-state index contributed by atoms with van der Waals surface area (Å²) in [6.07, 6.45) is 2.05. The number of urea groups is 1. The summed E-state index contributed by atoms with van der Waals surface area (Å²) in [4.78, 5) is 13.1. The van der Waals surface area contributed by atoms with Gasteiger partial charge in [0.25, 0.3) is 0 Å². The number of nitrogens with zero attached hydrogens (tertiary/aromatic N) is 3. The van der Waals surface area contributed by atoms with Crippen LogP contribution in [0.4, 0.5) is 4.79 Å². The quantitative estimate of drug-likeness (QED) is 0.746. The van der Waals surface area contributed by atoms with Gasteiger partial charge in [0, 0.05) is 28.5 Å². The van der Waals surface area contributed by atoms with Crippen molar-refractivity contribution in [2.45, 2.75) is 36.1 Å². The minimum absolute atomic E-state index is 0.298. The van der Waals surface area contributed by atoms with Crippen LogP contribution in [0.2, 0.25) is 0 Å². The van der Waals surface area contributed by atoms with E-state index < -0.39 is 6.03 Å². The molecular formula is C17H19N5OS. The molecule has 0 saturated carbocycles. The van der Waals surface area contributed by atoms with E-state index in [-0.39, 0.29) is 0 Å².